The van der Waals surface area contributed by atoms with Crippen LogP contribution in [0.1, 0.15) is 174 Å². The lowest BCUT2D eigenvalue weighted by molar-refractivity contribution is 0.0466. The monoisotopic (exact) mass is 1610 g/mol. The molecule has 9 aromatic heterocycles. The Balaban J connectivity index is 0.000000152. The number of likely N-dealkylation sites (tertiary alicyclic amines) is 3. The minimum absolute atomic E-state index is 0.0431. The Hall–Kier alpha value is -10.6. The third-order valence-electron chi connectivity index (χ3n) is 23.5. The molecule has 3 aliphatic rings. The molecule has 12 aromatic rings. The molecule has 12 heterocycles. The van der Waals surface area contributed by atoms with Crippen LogP contribution in [0.2, 0.25) is 0 Å². The van der Waals surface area contributed by atoms with Gasteiger partial charge in [0.2, 0.25) is 17.8 Å². The Morgan fingerprint density at radius 1 is 0.350 bits per heavy atom. The molecule has 3 aromatic carbocycles. The second kappa shape index (κ2) is 34.9. The number of imidazole rings is 3. The Kier molecular flexibility index (Phi) is 25.2. The van der Waals surface area contributed by atoms with Gasteiger partial charge in [-0.2, -0.15) is 0 Å². The minimum atomic E-state index is -1.49. The van der Waals surface area contributed by atoms with Crippen LogP contribution in [0.25, 0.3) is 66.9 Å². The molecule has 3 fully saturated rings. The van der Waals surface area contributed by atoms with Gasteiger partial charge in [-0.25, -0.2) is 99.3 Å². The first-order chi connectivity index (χ1) is 55.7. The summed E-state index contributed by atoms with van der Waals surface area (Å²) in [5, 5.41) is 8.87. The molecule has 0 spiro atoms. The molecule has 0 amide bonds. The van der Waals surface area contributed by atoms with E-state index in [4.69, 9.17) is 0 Å². The van der Waals surface area contributed by atoms with Crippen LogP contribution in [0.5, 0.6) is 0 Å². The normalized spacial score (nSPS) is 16.6. The van der Waals surface area contributed by atoms with Gasteiger partial charge in [-0.05, 0) is 253 Å². The number of rotatable bonds is 21. The van der Waals surface area contributed by atoms with Crippen molar-refractivity contribution in [2.45, 2.75) is 178 Å². The van der Waals surface area contributed by atoms with Crippen LogP contribution in [0, 0.1) is 73.4 Å². The number of piperidine rings is 3. The van der Waals surface area contributed by atoms with E-state index in [9.17, 15) is 26.3 Å². The Bertz CT molecular complexity index is 4950. The molecule has 30 heteroatoms. The molecule has 3 saturated heterocycles. The predicted molar refractivity (Wildman–Crippen MR) is 440 cm³/mol. The summed E-state index contributed by atoms with van der Waals surface area (Å²) >= 11 is 0. The number of aromatic nitrogens is 15. The highest BCUT2D eigenvalue weighted by Crippen LogP contribution is 2.44. The number of nitrogens with zero attached hydrogens (tertiary/aromatic N) is 18. The molecule has 21 nitrogen and oxygen atoms in total. The average Bonchev–Trinajstić information content (AvgIpc) is 1.63. The van der Waals surface area contributed by atoms with Crippen molar-refractivity contribution < 1.29 is 39.5 Å². The summed E-state index contributed by atoms with van der Waals surface area (Å²) in [4.78, 5) is 58.2. The summed E-state index contributed by atoms with van der Waals surface area (Å²) in [6.45, 7) is 36.9. The van der Waals surface area contributed by atoms with Gasteiger partial charge in [0.15, 0.2) is 34.9 Å². The summed E-state index contributed by atoms with van der Waals surface area (Å²) in [5.74, 6) is -0.445. The van der Waals surface area contributed by atoms with E-state index in [1.807, 2.05) is 76.0 Å². The lowest BCUT2D eigenvalue weighted by Gasteiger charge is -2.37. The van der Waals surface area contributed by atoms with E-state index >= 15 is 13.2 Å². The van der Waals surface area contributed by atoms with Gasteiger partial charge in [-0.15, -0.1) is 0 Å². The first kappa shape index (κ1) is 84.3. The van der Waals surface area contributed by atoms with Crippen molar-refractivity contribution in [2.75, 3.05) is 74.9 Å². The fraction of sp³-hybridized carbons (Fsp3) is 0.448. The summed E-state index contributed by atoms with van der Waals surface area (Å²) in [6, 6.07) is 19.0. The maximum Gasteiger partial charge on any atom is 0.229 e. The number of benzene rings is 3. The highest BCUT2D eigenvalue weighted by atomic mass is 19.2. The number of halogens is 9. The minimum Gasteiger partial charge on any atom is -0.326 e. The summed E-state index contributed by atoms with van der Waals surface area (Å²) in [5.41, 5.74) is 0.160. The lowest BCUT2D eigenvalue weighted by atomic mass is 9.79. The largest absolute Gasteiger partial charge is 0.326 e. The number of alkyl halides is 3. The standard InChI is InChI=1S/3C29H34F3N7/c3*1-6-38-11-9-20(10-12-38)29(5,32)21-7-8-25(33-15-21)36-28-34-16-23(31)26(37-28)19-13-22(30)27-24(14-19)39(17(2)3)18(4)35-27/h3*7-8,13-17,20H,6,9-12H2,1-5H3,(H,33,34,36,37)/t2*29-;/m10./s1. The Labute approximate surface area is 675 Å². The van der Waals surface area contributed by atoms with Crippen molar-refractivity contribution in [3.8, 4) is 33.8 Å². The van der Waals surface area contributed by atoms with Crippen molar-refractivity contribution in [1.82, 2.24) is 88.2 Å². The number of fused-ring (bicyclic) bond motifs is 3. The summed E-state index contributed by atoms with van der Waals surface area (Å²) in [6.07, 6.45) is 12.5. The smallest absolute Gasteiger partial charge is 0.229 e. The van der Waals surface area contributed by atoms with Crippen LogP contribution in [0.4, 0.5) is 74.8 Å². The van der Waals surface area contributed by atoms with E-state index in [1.165, 1.54) is 36.8 Å². The van der Waals surface area contributed by atoms with Gasteiger partial charge in [-0.1, -0.05) is 39.0 Å². The number of aryl methyl sites for hydroxylation is 3. The highest BCUT2D eigenvalue weighted by Gasteiger charge is 2.41. The second-order valence-corrected chi connectivity index (χ2v) is 32.0. The van der Waals surface area contributed by atoms with E-state index in [-0.39, 0.29) is 104 Å². The number of nitrogens with one attached hydrogen (secondary N) is 3. The maximum absolute atomic E-state index is 15.8. The van der Waals surface area contributed by atoms with Crippen LogP contribution in [0.3, 0.4) is 0 Å². The SMILES string of the molecule is CCN1CCC(C(C)(F)c2ccc(Nc3ncc(F)c(-c4cc(F)c5nc(C)n(C(C)C)c5c4)n3)nc2)CC1.CCN1CCC([C@@](C)(F)c2ccc(Nc3ncc(F)c(-c4cc(F)c5nc(C)n(C(C)C)c5c4)n3)nc2)CC1.CCN1CCC([C@](C)(F)c2ccc(Nc3ncc(F)c(-c4cc(F)c5nc(C)n(C(C)C)c5c4)n3)nc2)CC1. The summed E-state index contributed by atoms with van der Waals surface area (Å²) < 4.78 is 143. The summed E-state index contributed by atoms with van der Waals surface area (Å²) in [7, 11) is 0. The number of hydrogen-bond donors (Lipinski definition) is 3. The van der Waals surface area contributed by atoms with Gasteiger partial charge in [0.1, 0.15) is 85.6 Å². The van der Waals surface area contributed by atoms with Gasteiger partial charge in [0.25, 0.3) is 0 Å². The third kappa shape index (κ3) is 18.0. The second-order valence-electron chi connectivity index (χ2n) is 32.0. The molecule has 15 rings (SSSR count). The zero-order valence-electron chi connectivity index (χ0n) is 68.9. The van der Waals surface area contributed by atoms with Gasteiger partial charge < -0.3 is 44.4 Å². The number of hydrogen-bond acceptors (Lipinski definition) is 18. The molecule has 1 unspecified atom stereocenters. The highest BCUT2D eigenvalue weighted by molar-refractivity contribution is 5.85. The first-order valence-corrected chi connectivity index (χ1v) is 40.3. The molecule has 618 valence electrons. The quantitative estimate of drug-likeness (QED) is 0.0570. The zero-order valence-corrected chi connectivity index (χ0v) is 68.9. The van der Waals surface area contributed by atoms with Crippen LogP contribution in [-0.4, -0.2) is 147 Å². The van der Waals surface area contributed by atoms with Gasteiger partial charge in [0.05, 0.1) is 35.1 Å². The fourth-order valence-corrected chi connectivity index (χ4v) is 16.8. The molecule has 117 heavy (non-hydrogen) atoms. The van der Waals surface area contributed by atoms with Crippen LogP contribution in [-0.2, 0) is 17.0 Å². The molecule has 3 atom stereocenters. The maximum atomic E-state index is 15.8. The van der Waals surface area contributed by atoms with E-state index in [0.717, 1.165) is 116 Å². The molecule has 3 aliphatic heterocycles. The van der Waals surface area contributed by atoms with Crippen LogP contribution >= 0.6 is 0 Å². The number of pyridine rings is 3. The predicted octanol–water partition coefficient (Wildman–Crippen LogP) is 20.1. The topological polar surface area (TPSA) is 215 Å². The molecule has 0 bridgehead atoms. The van der Waals surface area contributed by atoms with E-state index in [0.29, 0.717) is 68.2 Å². The van der Waals surface area contributed by atoms with E-state index < -0.39 is 51.9 Å². The van der Waals surface area contributed by atoms with E-state index in [1.54, 1.807) is 75.4 Å². The van der Waals surface area contributed by atoms with Crippen LogP contribution in [0.15, 0.2) is 110 Å². The third-order valence-corrected chi connectivity index (χ3v) is 23.5. The fourth-order valence-electron chi connectivity index (χ4n) is 16.8. The molecule has 0 radical (unpaired) electrons. The molecular formula is C87H102F9N21. The number of anilines is 6. The van der Waals surface area contributed by atoms with Crippen LogP contribution < -0.4 is 16.0 Å². The van der Waals surface area contributed by atoms with Crippen molar-refractivity contribution in [3.63, 3.8) is 0 Å². The lowest BCUT2D eigenvalue weighted by Crippen LogP contribution is -2.40. The van der Waals surface area contributed by atoms with Crippen molar-refractivity contribution in [2.24, 2.45) is 17.8 Å². The average molecular weight is 1610 g/mol. The molecule has 0 aliphatic carbocycles. The Morgan fingerprint density at radius 2 is 0.598 bits per heavy atom. The molecular weight excluding hydrogens is 1510 g/mol. The first-order valence-electron chi connectivity index (χ1n) is 40.3. The van der Waals surface area contributed by atoms with Crippen molar-refractivity contribution in [1.29, 1.82) is 0 Å². The van der Waals surface area contributed by atoms with Crippen molar-refractivity contribution >= 4 is 68.4 Å². The van der Waals surface area contributed by atoms with Crippen molar-refractivity contribution in [3.05, 3.63) is 179 Å². The molecule has 0 saturated carbocycles. The van der Waals surface area contributed by atoms with Gasteiger partial charge >= 0.3 is 0 Å². The zero-order chi connectivity index (χ0) is 83.7. The molecule has 3 N–H and O–H groups in total. The van der Waals surface area contributed by atoms with Gasteiger partial charge in [0, 0.05) is 70.1 Å². The Morgan fingerprint density at radius 3 is 0.812 bits per heavy atom. The van der Waals surface area contributed by atoms with E-state index in [2.05, 4.69) is 111 Å². The van der Waals surface area contributed by atoms with Gasteiger partial charge in [-0.3, -0.25) is 0 Å².